The highest BCUT2D eigenvalue weighted by atomic mass is 14.6. The molecule has 1 heteroatoms. The van der Waals surface area contributed by atoms with Crippen LogP contribution in [-0.4, -0.2) is 0 Å². The van der Waals surface area contributed by atoms with Gasteiger partial charge in [0, 0.05) is 16.8 Å². The summed E-state index contributed by atoms with van der Waals surface area (Å²) < 4.78 is 0. The molecule has 5 rings (SSSR count). The third-order valence-corrected chi connectivity index (χ3v) is 5.44. The molecule has 1 nitrogen and oxygen atoms in total. The van der Waals surface area contributed by atoms with Crippen LogP contribution < -0.4 is 5.73 Å². The van der Waals surface area contributed by atoms with Gasteiger partial charge in [0.15, 0.2) is 0 Å². The fourth-order valence-corrected chi connectivity index (χ4v) is 4.18. The van der Waals surface area contributed by atoms with Crippen LogP contribution in [0.4, 0.5) is 5.69 Å². The van der Waals surface area contributed by atoms with E-state index in [9.17, 15) is 0 Å². The lowest BCUT2D eigenvalue weighted by Crippen LogP contribution is -1.99. The van der Waals surface area contributed by atoms with Crippen molar-refractivity contribution in [3.63, 3.8) is 0 Å². The summed E-state index contributed by atoms with van der Waals surface area (Å²) in [5, 5.41) is 2.39. The Morgan fingerprint density at radius 2 is 0.690 bits per heavy atom. The highest BCUT2D eigenvalue weighted by Gasteiger charge is 2.20. The first kappa shape index (κ1) is 17.3. The summed E-state index contributed by atoms with van der Waals surface area (Å²) in [5.74, 6) is 0. The number of rotatable bonds is 3. The van der Waals surface area contributed by atoms with Crippen molar-refractivity contribution in [1.29, 1.82) is 0 Å². The van der Waals surface area contributed by atoms with Gasteiger partial charge in [-0.25, -0.2) is 0 Å². The number of hydrogen-bond acceptors (Lipinski definition) is 1. The van der Waals surface area contributed by atoms with Gasteiger partial charge in [-0.3, -0.25) is 0 Å². The molecular formula is C28H21N. The summed E-state index contributed by atoms with van der Waals surface area (Å²) in [6.07, 6.45) is 0. The number of fused-ring (bicyclic) bond motifs is 1. The molecule has 0 fully saturated rings. The second-order valence-corrected chi connectivity index (χ2v) is 7.18. The first-order valence-electron chi connectivity index (χ1n) is 9.85. The van der Waals surface area contributed by atoms with Crippen molar-refractivity contribution in [2.24, 2.45) is 0 Å². The lowest BCUT2D eigenvalue weighted by molar-refractivity contribution is 1.59. The lowest BCUT2D eigenvalue weighted by atomic mass is 9.84. The van der Waals surface area contributed by atoms with E-state index in [-0.39, 0.29) is 0 Å². The van der Waals surface area contributed by atoms with E-state index in [1.54, 1.807) is 0 Å². The second-order valence-electron chi connectivity index (χ2n) is 7.18. The monoisotopic (exact) mass is 371 g/mol. The predicted molar refractivity (Wildman–Crippen MR) is 125 cm³/mol. The fraction of sp³-hybridized carbons (Fsp3) is 0. The van der Waals surface area contributed by atoms with Crippen LogP contribution in [0.15, 0.2) is 115 Å². The number of nitrogen functional groups attached to an aromatic ring is 1. The second kappa shape index (κ2) is 7.29. The van der Waals surface area contributed by atoms with E-state index in [0.29, 0.717) is 0 Å². The van der Waals surface area contributed by atoms with Crippen molar-refractivity contribution in [2.75, 3.05) is 5.73 Å². The van der Waals surface area contributed by atoms with Gasteiger partial charge in [-0.1, -0.05) is 115 Å². The smallest absolute Gasteiger partial charge is 0.0486 e. The molecule has 0 aliphatic carbocycles. The number of hydrogen-bond donors (Lipinski definition) is 1. The maximum Gasteiger partial charge on any atom is 0.0486 e. The maximum absolute atomic E-state index is 6.95. The molecule has 0 aliphatic rings. The van der Waals surface area contributed by atoms with E-state index in [1.165, 1.54) is 21.9 Å². The summed E-state index contributed by atoms with van der Waals surface area (Å²) in [6.45, 7) is 0. The number of benzene rings is 5. The number of nitrogens with two attached hydrogens (primary N) is 1. The van der Waals surface area contributed by atoms with Gasteiger partial charge in [-0.15, -0.1) is 0 Å². The molecular weight excluding hydrogens is 350 g/mol. The van der Waals surface area contributed by atoms with Crippen molar-refractivity contribution in [3.05, 3.63) is 115 Å². The Hall–Kier alpha value is -3.84. The largest absolute Gasteiger partial charge is 0.398 e. The standard InChI is InChI=1S/C28H21N/c29-28-26(21-14-6-2-7-15-21)24-19-11-10-18-23(24)25(20-12-4-1-5-13-20)27(28)22-16-8-3-9-17-22/h1-19H,29H2. The molecule has 29 heavy (non-hydrogen) atoms. The SMILES string of the molecule is Nc1c(-c2ccccc2)c(-c2ccccc2)c2ccccc2c1-c1ccccc1. The van der Waals surface area contributed by atoms with E-state index >= 15 is 0 Å². The minimum atomic E-state index is 0.819. The minimum absolute atomic E-state index is 0.819. The Balaban J connectivity index is 1.99. The van der Waals surface area contributed by atoms with Crippen molar-refractivity contribution < 1.29 is 0 Å². The van der Waals surface area contributed by atoms with Crippen molar-refractivity contribution in [1.82, 2.24) is 0 Å². The van der Waals surface area contributed by atoms with Gasteiger partial charge in [-0.05, 0) is 33.0 Å². The topological polar surface area (TPSA) is 26.0 Å². The van der Waals surface area contributed by atoms with Crippen molar-refractivity contribution >= 4 is 16.5 Å². The normalized spacial score (nSPS) is 10.9. The van der Waals surface area contributed by atoms with E-state index < -0.39 is 0 Å². The summed E-state index contributed by atoms with van der Waals surface area (Å²) in [6, 6.07) is 40.0. The zero-order valence-electron chi connectivity index (χ0n) is 16.0. The highest BCUT2D eigenvalue weighted by Crippen LogP contribution is 2.47. The van der Waals surface area contributed by atoms with Gasteiger partial charge in [0.25, 0.3) is 0 Å². The van der Waals surface area contributed by atoms with Gasteiger partial charge in [0.05, 0.1) is 0 Å². The summed E-state index contributed by atoms with van der Waals surface area (Å²) >= 11 is 0. The third-order valence-electron chi connectivity index (χ3n) is 5.44. The number of anilines is 1. The van der Waals surface area contributed by atoms with E-state index in [0.717, 1.165) is 27.9 Å². The molecule has 0 bridgehead atoms. The van der Waals surface area contributed by atoms with Gasteiger partial charge >= 0.3 is 0 Å². The maximum atomic E-state index is 6.95. The Kier molecular flexibility index (Phi) is 4.34. The molecule has 5 aromatic rings. The van der Waals surface area contributed by atoms with Crippen LogP contribution in [0.3, 0.4) is 0 Å². The molecule has 0 unspecified atom stereocenters. The molecule has 0 spiro atoms. The highest BCUT2D eigenvalue weighted by molar-refractivity contribution is 6.16. The Bertz CT molecular complexity index is 1270. The Labute approximate surface area is 171 Å². The summed E-state index contributed by atoms with van der Waals surface area (Å²) in [7, 11) is 0. The van der Waals surface area contributed by atoms with Crippen LogP contribution in [-0.2, 0) is 0 Å². The molecule has 0 amide bonds. The van der Waals surface area contributed by atoms with Crippen molar-refractivity contribution in [2.45, 2.75) is 0 Å². The first-order valence-corrected chi connectivity index (χ1v) is 9.85. The van der Waals surface area contributed by atoms with Gasteiger partial charge in [0.2, 0.25) is 0 Å². The van der Waals surface area contributed by atoms with Crippen LogP contribution >= 0.6 is 0 Å². The van der Waals surface area contributed by atoms with E-state index in [4.69, 9.17) is 5.73 Å². The van der Waals surface area contributed by atoms with Crippen LogP contribution in [0.1, 0.15) is 0 Å². The first-order chi connectivity index (χ1) is 14.3. The van der Waals surface area contributed by atoms with Crippen LogP contribution in [0.25, 0.3) is 44.2 Å². The molecule has 5 aromatic carbocycles. The zero-order valence-corrected chi connectivity index (χ0v) is 16.0. The van der Waals surface area contributed by atoms with Crippen LogP contribution in [0, 0.1) is 0 Å². The lowest BCUT2D eigenvalue weighted by Gasteiger charge is -2.21. The van der Waals surface area contributed by atoms with Crippen molar-refractivity contribution in [3.8, 4) is 33.4 Å². The molecule has 0 atom stereocenters. The van der Waals surface area contributed by atoms with Crippen LogP contribution in [0.2, 0.25) is 0 Å². The molecule has 0 saturated carbocycles. The molecule has 0 radical (unpaired) electrons. The van der Waals surface area contributed by atoms with Gasteiger partial charge in [-0.2, -0.15) is 0 Å². The minimum Gasteiger partial charge on any atom is -0.398 e. The average Bonchev–Trinajstić information content (AvgIpc) is 2.80. The molecule has 138 valence electrons. The van der Waals surface area contributed by atoms with E-state index in [1.807, 2.05) is 12.1 Å². The summed E-state index contributed by atoms with van der Waals surface area (Å²) in [4.78, 5) is 0. The van der Waals surface area contributed by atoms with Crippen LogP contribution in [0.5, 0.6) is 0 Å². The third kappa shape index (κ3) is 2.97. The quantitative estimate of drug-likeness (QED) is 0.328. The average molecular weight is 371 g/mol. The van der Waals surface area contributed by atoms with Gasteiger partial charge in [0.1, 0.15) is 0 Å². The molecule has 0 aliphatic heterocycles. The Morgan fingerprint density at radius 3 is 1.17 bits per heavy atom. The zero-order chi connectivity index (χ0) is 19.6. The molecule has 0 aromatic heterocycles. The fourth-order valence-electron chi connectivity index (χ4n) is 4.18. The molecule has 0 saturated heterocycles. The summed E-state index contributed by atoms with van der Waals surface area (Å²) in [5.41, 5.74) is 14.6. The Morgan fingerprint density at radius 1 is 0.345 bits per heavy atom. The molecule has 0 heterocycles. The predicted octanol–water partition coefficient (Wildman–Crippen LogP) is 7.42. The van der Waals surface area contributed by atoms with Gasteiger partial charge < -0.3 is 5.73 Å². The van der Waals surface area contributed by atoms with E-state index in [2.05, 4.69) is 103 Å². The molecule has 2 N–H and O–H groups in total.